The molecule has 4 heteroatoms. The lowest BCUT2D eigenvalue weighted by molar-refractivity contribution is -0.131. The maximum atomic E-state index is 10.5. The van der Waals surface area contributed by atoms with Gasteiger partial charge in [-0.05, 0) is 36.6 Å². The zero-order valence-corrected chi connectivity index (χ0v) is 11.4. The Morgan fingerprint density at radius 2 is 1.79 bits per heavy atom. The number of carbonyl (C=O) groups is 1. The van der Waals surface area contributed by atoms with Gasteiger partial charge in [0, 0.05) is 6.08 Å². The second-order valence-electron chi connectivity index (χ2n) is 4.07. The molecule has 1 rings (SSSR count). The van der Waals surface area contributed by atoms with Gasteiger partial charge in [-0.2, -0.15) is 0 Å². The zero-order valence-electron chi connectivity index (χ0n) is 11.4. The minimum absolute atomic E-state index is 0.606. The first-order chi connectivity index (χ1) is 9.17. The van der Waals surface area contributed by atoms with Gasteiger partial charge in [0.1, 0.15) is 0 Å². The Hall–Kier alpha value is -1.97. The van der Waals surface area contributed by atoms with E-state index in [9.17, 15) is 4.79 Å². The topological polar surface area (TPSA) is 55.8 Å². The van der Waals surface area contributed by atoms with Gasteiger partial charge < -0.3 is 14.6 Å². The highest BCUT2D eigenvalue weighted by atomic mass is 16.5. The summed E-state index contributed by atoms with van der Waals surface area (Å²) < 4.78 is 11.2. The van der Waals surface area contributed by atoms with Crippen LogP contribution in [0.3, 0.4) is 0 Å². The molecule has 0 saturated heterocycles. The quantitative estimate of drug-likeness (QED) is 0.731. The van der Waals surface area contributed by atoms with Crippen molar-refractivity contribution in [3.05, 3.63) is 29.8 Å². The lowest BCUT2D eigenvalue weighted by atomic mass is 10.2. The fourth-order valence-corrected chi connectivity index (χ4v) is 1.45. The van der Waals surface area contributed by atoms with Crippen molar-refractivity contribution in [2.45, 2.75) is 26.7 Å². The first-order valence-corrected chi connectivity index (χ1v) is 6.48. The van der Waals surface area contributed by atoms with Gasteiger partial charge in [-0.25, -0.2) is 4.79 Å². The highest BCUT2D eigenvalue weighted by molar-refractivity contribution is 5.85. The van der Waals surface area contributed by atoms with E-state index in [-0.39, 0.29) is 0 Å². The van der Waals surface area contributed by atoms with Crippen LogP contribution >= 0.6 is 0 Å². The molecule has 0 aliphatic carbocycles. The molecular formula is C15H20O4. The maximum Gasteiger partial charge on any atom is 0.328 e. The Labute approximate surface area is 113 Å². The molecular weight excluding hydrogens is 244 g/mol. The monoisotopic (exact) mass is 264 g/mol. The van der Waals surface area contributed by atoms with Crippen molar-refractivity contribution in [1.82, 2.24) is 0 Å². The molecule has 0 saturated carbocycles. The number of aliphatic carboxylic acids is 1. The molecule has 0 atom stereocenters. The molecule has 0 unspecified atom stereocenters. The Kier molecular flexibility index (Phi) is 6.50. The van der Waals surface area contributed by atoms with Gasteiger partial charge in [-0.15, -0.1) is 0 Å². The standard InChI is InChI=1S/C15H20O4/c1-3-9-18-13-7-5-12(6-8-15(16)17)11-14(13)19-10-4-2/h5-8,11H,3-4,9-10H2,1-2H3,(H,16,17). The number of ether oxygens (including phenoxy) is 2. The maximum absolute atomic E-state index is 10.5. The van der Waals surface area contributed by atoms with E-state index in [0.717, 1.165) is 24.5 Å². The highest BCUT2D eigenvalue weighted by Gasteiger charge is 2.05. The van der Waals surface area contributed by atoms with Gasteiger partial charge in [-0.1, -0.05) is 19.9 Å². The molecule has 104 valence electrons. The number of carboxylic acid groups (broad SMARTS) is 1. The second-order valence-corrected chi connectivity index (χ2v) is 4.07. The van der Waals surface area contributed by atoms with Crippen molar-refractivity contribution in [2.24, 2.45) is 0 Å². The van der Waals surface area contributed by atoms with Crippen molar-refractivity contribution in [2.75, 3.05) is 13.2 Å². The third-order valence-corrected chi connectivity index (χ3v) is 2.31. The first-order valence-electron chi connectivity index (χ1n) is 6.48. The Morgan fingerprint density at radius 3 is 2.37 bits per heavy atom. The molecule has 1 N–H and O–H groups in total. The van der Waals surface area contributed by atoms with Crippen LogP contribution in [-0.4, -0.2) is 24.3 Å². The summed E-state index contributed by atoms with van der Waals surface area (Å²) in [5.74, 6) is 0.382. The predicted octanol–water partition coefficient (Wildman–Crippen LogP) is 3.36. The van der Waals surface area contributed by atoms with Crippen LogP contribution in [0.2, 0.25) is 0 Å². The molecule has 0 aliphatic rings. The SMILES string of the molecule is CCCOc1ccc(C=CC(=O)O)cc1OCCC. The number of hydrogen-bond acceptors (Lipinski definition) is 3. The van der Waals surface area contributed by atoms with Crippen molar-refractivity contribution in [3.8, 4) is 11.5 Å². The Morgan fingerprint density at radius 1 is 1.16 bits per heavy atom. The predicted molar refractivity (Wildman–Crippen MR) is 74.7 cm³/mol. The number of rotatable bonds is 8. The molecule has 0 amide bonds. The molecule has 1 aromatic carbocycles. The van der Waals surface area contributed by atoms with E-state index in [1.54, 1.807) is 6.07 Å². The van der Waals surface area contributed by atoms with Crippen LogP contribution < -0.4 is 9.47 Å². The van der Waals surface area contributed by atoms with E-state index in [0.29, 0.717) is 24.7 Å². The largest absolute Gasteiger partial charge is 0.490 e. The Bertz CT molecular complexity index is 438. The number of hydrogen-bond donors (Lipinski definition) is 1. The summed E-state index contributed by atoms with van der Waals surface area (Å²) in [6.07, 6.45) is 4.46. The fourth-order valence-electron chi connectivity index (χ4n) is 1.45. The van der Waals surface area contributed by atoms with E-state index in [1.807, 2.05) is 26.0 Å². The fraction of sp³-hybridized carbons (Fsp3) is 0.400. The minimum atomic E-state index is -0.970. The van der Waals surface area contributed by atoms with Crippen molar-refractivity contribution < 1.29 is 19.4 Å². The highest BCUT2D eigenvalue weighted by Crippen LogP contribution is 2.29. The third kappa shape index (κ3) is 5.46. The smallest absolute Gasteiger partial charge is 0.328 e. The lowest BCUT2D eigenvalue weighted by Crippen LogP contribution is -2.01. The summed E-state index contributed by atoms with van der Waals surface area (Å²) in [5.41, 5.74) is 0.775. The van der Waals surface area contributed by atoms with E-state index < -0.39 is 5.97 Å². The van der Waals surface area contributed by atoms with Gasteiger partial charge in [0.15, 0.2) is 11.5 Å². The average Bonchev–Trinajstić information content (AvgIpc) is 2.41. The third-order valence-electron chi connectivity index (χ3n) is 2.31. The van der Waals surface area contributed by atoms with Crippen molar-refractivity contribution >= 4 is 12.0 Å². The molecule has 0 aromatic heterocycles. The second kappa shape index (κ2) is 8.19. The summed E-state index contributed by atoms with van der Waals surface area (Å²) in [5, 5.41) is 8.61. The molecule has 0 spiro atoms. The summed E-state index contributed by atoms with van der Waals surface area (Å²) in [4.78, 5) is 10.5. The van der Waals surface area contributed by atoms with E-state index >= 15 is 0 Å². The van der Waals surface area contributed by atoms with Crippen LogP contribution in [0.1, 0.15) is 32.3 Å². The summed E-state index contributed by atoms with van der Waals surface area (Å²) >= 11 is 0. The van der Waals surface area contributed by atoms with Gasteiger partial charge in [-0.3, -0.25) is 0 Å². The lowest BCUT2D eigenvalue weighted by Gasteiger charge is -2.12. The van der Waals surface area contributed by atoms with Crippen LogP contribution in [0.15, 0.2) is 24.3 Å². The van der Waals surface area contributed by atoms with Gasteiger partial charge in [0.25, 0.3) is 0 Å². The van der Waals surface area contributed by atoms with Gasteiger partial charge in [0.2, 0.25) is 0 Å². The van der Waals surface area contributed by atoms with Crippen molar-refractivity contribution in [1.29, 1.82) is 0 Å². The molecule has 19 heavy (non-hydrogen) atoms. The summed E-state index contributed by atoms with van der Waals surface area (Å²) in [6, 6.07) is 5.41. The Balaban J connectivity index is 2.89. The molecule has 0 heterocycles. The minimum Gasteiger partial charge on any atom is -0.490 e. The molecule has 0 fully saturated rings. The first kappa shape index (κ1) is 15.1. The van der Waals surface area contributed by atoms with E-state index in [4.69, 9.17) is 14.6 Å². The zero-order chi connectivity index (χ0) is 14.1. The van der Waals surface area contributed by atoms with E-state index in [1.165, 1.54) is 6.08 Å². The number of carboxylic acids is 1. The van der Waals surface area contributed by atoms with Crippen LogP contribution in [0, 0.1) is 0 Å². The summed E-state index contributed by atoms with van der Waals surface area (Å²) in [7, 11) is 0. The van der Waals surface area contributed by atoms with E-state index in [2.05, 4.69) is 0 Å². The van der Waals surface area contributed by atoms with Crippen LogP contribution in [0.4, 0.5) is 0 Å². The van der Waals surface area contributed by atoms with Gasteiger partial charge >= 0.3 is 5.97 Å². The molecule has 0 bridgehead atoms. The van der Waals surface area contributed by atoms with Crippen LogP contribution in [0.25, 0.3) is 6.08 Å². The average molecular weight is 264 g/mol. The molecule has 0 radical (unpaired) electrons. The molecule has 4 nitrogen and oxygen atoms in total. The summed E-state index contributed by atoms with van der Waals surface area (Å²) in [6.45, 7) is 5.30. The van der Waals surface area contributed by atoms with Crippen molar-refractivity contribution in [3.63, 3.8) is 0 Å². The number of benzene rings is 1. The van der Waals surface area contributed by atoms with Crippen LogP contribution in [0.5, 0.6) is 11.5 Å². The molecule has 1 aromatic rings. The van der Waals surface area contributed by atoms with Gasteiger partial charge in [0.05, 0.1) is 13.2 Å². The van der Waals surface area contributed by atoms with Crippen LogP contribution in [-0.2, 0) is 4.79 Å². The molecule has 0 aliphatic heterocycles. The normalized spacial score (nSPS) is 10.6.